The molecule has 1 aromatic heterocycles. The molecule has 6 heteroatoms. The van der Waals surface area contributed by atoms with E-state index in [-0.39, 0.29) is 5.89 Å². The van der Waals surface area contributed by atoms with Gasteiger partial charge in [-0.25, -0.2) is 9.78 Å². The average Bonchev–Trinajstić information content (AvgIpc) is 2.53. The number of rotatable bonds is 3. The van der Waals surface area contributed by atoms with Crippen LogP contribution in [0.4, 0.5) is 0 Å². The lowest BCUT2D eigenvalue weighted by Crippen LogP contribution is -2.04. The second kappa shape index (κ2) is 5.96. The quantitative estimate of drug-likeness (QED) is 0.620. The summed E-state index contributed by atoms with van der Waals surface area (Å²) in [6.07, 6.45) is 0. The van der Waals surface area contributed by atoms with Gasteiger partial charge in [0, 0.05) is 21.3 Å². The summed E-state index contributed by atoms with van der Waals surface area (Å²) < 4.78 is 16.8. The van der Waals surface area contributed by atoms with Crippen molar-refractivity contribution in [3.63, 3.8) is 0 Å². The molecule has 0 aliphatic carbocycles. The second-order valence-corrected chi connectivity index (χ2v) is 5.79. The summed E-state index contributed by atoms with van der Waals surface area (Å²) in [7, 11) is 3.05. The molecule has 0 spiro atoms. The van der Waals surface area contributed by atoms with Crippen LogP contribution in [-0.2, 0) is 0 Å². The Balaban J connectivity index is 2.26. The average molecular weight is 409 g/mol. The largest absolute Gasteiger partial charge is 0.493 e. The lowest BCUT2D eigenvalue weighted by atomic mass is 10.2. The van der Waals surface area contributed by atoms with Gasteiger partial charge in [0.1, 0.15) is 0 Å². The molecule has 0 N–H and O–H groups in total. The number of hydrogen-bond acceptors (Lipinski definition) is 5. The van der Waals surface area contributed by atoms with Gasteiger partial charge in [-0.3, -0.25) is 0 Å². The van der Waals surface area contributed by atoms with Gasteiger partial charge in [0.05, 0.1) is 25.1 Å². The van der Waals surface area contributed by atoms with E-state index in [0.717, 1.165) is 9.13 Å². The van der Waals surface area contributed by atoms with Crippen LogP contribution in [0.2, 0.25) is 0 Å². The monoisotopic (exact) mass is 409 g/mol. The van der Waals surface area contributed by atoms with Crippen molar-refractivity contribution in [1.82, 2.24) is 4.98 Å². The number of ether oxygens (including phenoxy) is 2. The zero-order valence-electron chi connectivity index (χ0n) is 11.9. The molecule has 0 saturated heterocycles. The van der Waals surface area contributed by atoms with Gasteiger partial charge in [0.25, 0.3) is 0 Å². The van der Waals surface area contributed by atoms with Crippen LogP contribution in [-0.4, -0.2) is 19.2 Å². The molecule has 0 bridgehead atoms. The van der Waals surface area contributed by atoms with Gasteiger partial charge in [-0.1, -0.05) is 6.07 Å². The minimum absolute atomic E-state index is 0.281. The number of fused-ring (bicyclic) bond motifs is 1. The topological polar surface area (TPSA) is 61.6 Å². The molecular formula is C16H12INO4. The maximum Gasteiger partial charge on any atom is 0.347 e. The van der Waals surface area contributed by atoms with E-state index >= 15 is 0 Å². The highest BCUT2D eigenvalue weighted by Crippen LogP contribution is 2.31. The molecule has 3 aromatic rings. The molecule has 0 aliphatic heterocycles. The lowest BCUT2D eigenvalue weighted by Gasteiger charge is -2.08. The summed E-state index contributed by atoms with van der Waals surface area (Å²) in [6.45, 7) is 0. The zero-order valence-corrected chi connectivity index (χ0v) is 14.1. The Morgan fingerprint density at radius 1 is 1.09 bits per heavy atom. The highest BCUT2D eigenvalue weighted by atomic mass is 127. The summed E-state index contributed by atoms with van der Waals surface area (Å²) in [5.41, 5.74) is 0.795. The van der Waals surface area contributed by atoms with Gasteiger partial charge in [-0.05, 0) is 40.8 Å². The molecule has 0 atom stereocenters. The third-order valence-corrected chi connectivity index (χ3v) is 3.88. The first-order valence-electron chi connectivity index (χ1n) is 6.45. The number of hydrogen-bond donors (Lipinski definition) is 0. The normalized spacial score (nSPS) is 10.7. The van der Waals surface area contributed by atoms with Gasteiger partial charge in [0.15, 0.2) is 11.5 Å². The highest BCUT2D eigenvalue weighted by molar-refractivity contribution is 14.1. The zero-order chi connectivity index (χ0) is 15.7. The summed E-state index contributed by atoms with van der Waals surface area (Å²) in [4.78, 5) is 16.6. The van der Waals surface area contributed by atoms with Crippen molar-refractivity contribution in [2.24, 2.45) is 0 Å². The Kier molecular flexibility index (Phi) is 4.02. The Bertz CT molecular complexity index is 904. The predicted octanol–water partition coefficient (Wildman–Crippen LogP) is 3.48. The van der Waals surface area contributed by atoms with Crippen molar-refractivity contribution >= 4 is 33.5 Å². The van der Waals surface area contributed by atoms with Gasteiger partial charge in [0.2, 0.25) is 5.89 Å². The Hall–Kier alpha value is -2.09. The van der Waals surface area contributed by atoms with Crippen LogP contribution in [0.1, 0.15) is 0 Å². The molecule has 2 aromatic carbocycles. The third kappa shape index (κ3) is 2.66. The van der Waals surface area contributed by atoms with E-state index in [1.165, 1.54) is 14.2 Å². The molecule has 0 aliphatic rings. The van der Waals surface area contributed by atoms with Crippen molar-refractivity contribution < 1.29 is 13.9 Å². The van der Waals surface area contributed by atoms with E-state index in [4.69, 9.17) is 13.9 Å². The Morgan fingerprint density at radius 3 is 2.50 bits per heavy atom. The van der Waals surface area contributed by atoms with Crippen LogP contribution >= 0.6 is 22.6 Å². The molecule has 112 valence electrons. The molecule has 0 saturated carbocycles. The molecule has 1 heterocycles. The Labute approximate surface area is 140 Å². The summed E-state index contributed by atoms with van der Waals surface area (Å²) >= 11 is 2.20. The van der Waals surface area contributed by atoms with Crippen LogP contribution in [0.15, 0.2) is 45.6 Å². The van der Waals surface area contributed by atoms with Crippen molar-refractivity contribution in [3.8, 4) is 23.0 Å². The SMILES string of the molecule is COc1cc2nc(-c3cccc(I)c3)oc(=O)c2cc1OC. The maximum absolute atomic E-state index is 12.2. The fourth-order valence-corrected chi connectivity index (χ4v) is 2.69. The van der Waals surface area contributed by atoms with E-state index in [9.17, 15) is 4.79 Å². The first kappa shape index (κ1) is 14.8. The second-order valence-electron chi connectivity index (χ2n) is 4.54. The van der Waals surface area contributed by atoms with E-state index in [0.29, 0.717) is 22.4 Å². The smallest absolute Gasteiger partial charge is 0.347 e. The predicted molar refractivity (Wildman–Crippen MR) is 91.5 cm³/mol. The van der Waals surface area contributed by atoms with Gasteiger partial charge in [-0.2, -0.15) is 0 Å². The fraction of sp³-hybridized carbons (Fsp3) is 0.125. The molecule has 0 radical (unpaired) electrons. The van der Waals surface area contributed by atoms with Crippen LogP contribution in [0.3, 0.4) is 0 Å². The van der Waals surface area contributed by atoms with Crippen LogP contribution in [0.25, 0.3) is 22.4 Å². The Morgan fingerprint density at radius 2 is 1.82 bits per heavy atom. The minimum atomic E-state index is -0.459. The van der Waals surface area contributed by atoms with Crippen LogP contribution < -0.4 is 15.1 Å². The number of halogens is 1. The van der Waals surface area contributed by atoms with Gasteiger partial charge >= 0.3 is 5.63 Å². The number of nitrogens with zero attached hydrogens (tertiary/aromatic N) is 1. The first-order valence-corrected chi connectivity index (χ1v) is 7.53. The molecule has 22 heavy (non-hydrogen) atoms. The van der Waals surface area contributed by atoms with E-state index in [1.807, 2.05) is 24.3 Å². The molecule has 3 rings (SSSR count). The van der Waals surface area contributed by atoms with Crippen LogP contribution in [0.5, 0.6) is 11.5 Å². The van der Waals surface area contributed by atoms with Gasteiger partial charge < -0.3 is 13.9 Å². The standard InChI is InChI=1S/C16H12INO4/c1-20-13-7-11-12(8-14(13)21-2)18-15(22-16(11)19)9-4-3-5-10(17)6-9/h3-8H,1-2H3. The van der Waals surface area contributed by atoms with Crippen molar-refractivity contribution in [2.45, 2.75) is 0 Å². The molecule has 0 amide bonds. The molecule has 5 nitrogen and oxygen atoms in total. The molecule has 0 fully saturated rings. The lowest BCUT2D eigenvalue weighted by molar-refractivity contribution is 0.355. The first-order chi connectivity index (χ1) is 10.6. The van der Waals surface area contributed by atoms with E-state index < -0.39 is 5.63 Å². The number of aromatic nitrogens is 1. The third-order valence-electron chi connectivity index (χ3n) is 3.20. The van der Waals surface area contributed by atoms with Crippen LogP contribution in [0, 0.1) is 3.57 Å². The minimum Gasteiger partial charge on any atom is -0.493 e. The fourth-order valence-electron chi connectivity index (χ4n) is 2.14. The number of methoxy groups -OCH3 is 2. The molecule has 0 unspecified atom stereocenters. The van der Waals surface area contributed by atoms with Crippen molar-refractivity contribution in [2.75, 3.05) is 14.2 Å². The summed E-state index contributed by atoms with van der Waals surface area (Å²) in [5, 5.41) is 0.354. The van der Waals surface area contributed by atoms with Gasteiger partial charge in [-0.15, -0.1) is 0 Å². The van der Waals surface area contributed by atoms with E-state index in [2.05, 4.69) is 27.6 Å². The maximum atomic E-state index is 12.2. The van der Waals surface area contributed by atoms with Crippen molar-refractivity contribution in [3.05, 3.63) is 50.4 Å². The molecular weight excluding hydrogens is 397 g/mol. The summed E-state index contributed by atoms with van der Waals surface area (Å²) in [6, 6.07) is 10.8. The van der Waals surface area contributed by atoms with E-state index in [1.54, 1.807) is 12.1 Å². The highest BCUT2D eigenvalue weighted by Gasteiger charge is 2.13. The number of benzene rings is 2. The van der Waals surface area contributed by atoms with Crippen molar-refractivity contribution in [1.29, 1.82) is 0 Å². The summed E-state index contributed by atoms with van der Waals surface area (Å²) in [5.74, 6) is 1.26.